The van der Waals surface area contributed by atoms with Gasteiger partial charge >= 0.3 is 6.18 Å². The highest BCUT2D eigenvalue weighted by molar-refractivity contribution is 7.94. The number of nitrogens with zero attached hydrogens (tertiary/aromatic N) is 1. The van der Waals surface area contributed by atoms with Crippen molar-refractivity contribution < 1.29 is 31.1 Å². The number of benzene rings is 1. The van der Waals surface area contributed by atoms with Crippen molar-refractivity contribution in [2.45, 2.75) is 10.4 Å². The topological polar surface area (TPSA) is 93.3 Å². The van der Waals surface area contributed by atoms with E-state index >= 15 is 0 Å². The highest BCUT2D eigenvalue weighted by Crippen LogP contribution is 2.36. The molecule has 7 nitrogen and oxygen atoms in total. The third kappa shape index (κ3) is 3.64. The van der Waals surface area contributed by atoms with Crippen molar-refractivity contribution in [3.8, 4) is 22.1 Å². The second-order valence-corrected chi connectivity index (χ2v) is 8.74. The van der Waals surface area contributed by atoms with Crippen LogP contribution in [0.15, 0.2) is 40.6 Å². The second kappa shape index (κ2) is 6.71. The molecule has 0 fully saturated rings. The molecule has 0 spiro atoms. The Hall–Kier alpha value is -2.73. The zero-order valence-electron chi connectivity index (χ0n) is 13.9. The lowest BCUT2D eigenvalue weighted by molar-refractivity contribution is -0.141. The van der Waals surface area contributed by atoms with Gasteiger partial charge in [0.15, 0.2) is 11.5 Å². The van der Waals surface area contributed by atoms with Gasteiger partial charge in [-0.25, -0.2) is 8.42 Å². The first-order valence-corrected chi connectivity index (χ1v) is 10.2. The number of aromatic amines is 1. The number of nitrogens with one attached hydrogen (secondary N) is 2. The molecule has 28 heavy (non-hydrogen) atoms. The normalized spacial score (nSPS) is 14.1. The van der Waals surface area contributed by atoms with Crippen LogP contribution in [-0.4, -0.2) is 31.8 Å². The van der Waals surface area contributed by atoms with E-state index in [1.165, 1.54) is 24.3 Å². The summed E-state index contributed by atoms with van der Waals surface area (Å²) in [4.78, 5) is 0.286. The van der Waals surface area contributed by atoms with Crippen molar-refractivity contribution in [2.75, 3.05) is 17.9 Å². The summed E-state index contributed by atoms with van der Waals surface area (Å²) in [5.41, 5.74) is -0.717. The average Bonchev–Trinajstić information content (AvgIpc) is 3.30. The number of hydrogen-bond acceptors (Lipinski definition) is 6. The molecule has 0 saturated heterocycles. The zero-order chi connectivity index (χ0) is 19.9. The smallest absolute Gasteiger partial charge is 0.432 e. The highest BCUT2D eigenvalue weighted by Gasteiger charge is 2.33. The van der Waals surface area contributed by atoms with Crippen LogP contribution in [0.2, 0.25) is 0 Å². The summed E-state index contributed by atoms with van der Waals surface area (Å²) in [6, 6.07) is 8.17. The number of fused-ring (bicyclic) bond motifs is 1. The Labute approximate surface area is 161 Å². The molecular weight excluding hydrogens is 419 g/mol. The maximum atomic E-state index is 12.7. The summed E-state index contributed by atoms with van der Waals surface area (Å²) in [5, 5.41) is 5.50. The lowest BCUT2D eigenvalue weighted by atomic mass is 10.3. The van der Waals surface area contributed by atoms with Crippen LogP contribution in [0.25, 0.3) is 10.6 Å². The molecule has 0 radical (unpaired) electrons. The van der Waals surface area contributed by atoms with Crippen molar-refractivity contribution in [2.24, 2.45) is 0 Å². The van der Waals surface area contributed by atoms with Gasteiger partial charge in [-0.2, -0.15) is 18.3 Å². The van der Waals surface area contributed by atoms with Crippen LogP contribution < -0.4 is 14.2 Å². The summed E-state index contributed by atoms with van der Waals surface area (Å²) in [6.07, 6.45) is -4.56. The average molecular weight is 431 g/mol. The fraction of sp³-hybridized carbons (Fsp3) is 0.188. The van der Waals surface area contributed by atoms with Gasteiger partial charge in [0.05, 0.1) is 10.6 Å². The van der Waals surface area contributed by atoms with E-state index in [4.69, 9.17) is 9.47 Å². The summed E-state index contributed by atoms with van der Waals surface area (Å²) in [7, 11) is -3.94. The maximum Gasteiger partial charge on any atom is 0.432 e. The van der Waals surface area contributed by atoms with Crippen LogP contribution >= 0.6 is 11.3 Å². The largest absolute Gasteiger partial charge is 0.486 e. The first kappa shape index (κ1) is 18.6. The van der Waals surface area contributed by atoms with Crippen molar-refractivity contribution in [3.63, 3.8) is 0 Å². The monoisotopic (exact) mass is 431 g/mol. The maximum absolute atomic E-state index is 12.7. The fourth-order valence-corrected chi connectivity index (χ4v) is 4.82. The molecule has 2 N–H and O–H groups in total. The number of hydrogen-bond donors (Lipinski definition) is 2. The molecular formula is C16H12F3N3O4S2. The Balaban J connectivity index is 1.56. The molecule has 0 atom stereocenters. The van der Waals surface area contributed by atoms with E-state index in [2.05, 4.69) is 9.82 Å². The molecule has 148 valence electrons. The van der Waals surface area contributed by atoms with Gasteiger partial charge in [-0.3, -0.25) is 9.82 Å². The first-order chi connectivity index (χ1) is 13.2. The highest BCUT2D eigenvalue weighted by atomic mass is 32.2. The van der Waals surface area contributed by atoms with Crippen LogP contribution in [0, 0.1) is 0 Å². The number of anilines is 1. The molecule has 0 amide bonds. The van der Waals surface area contributed by atoms with E-state index in [9.17, 15) is 21.6 Å². The number of ether oxygens (including phenoxy) is 2. The van der Waals surface area contributed by atoms with Crippen LogP contribution in [-0.2, 0) is 16.2 Å². The quantitative estimate of drug-likeness (QED) is 0.657. The lowest BCUT2D eigenvalue weighted by Gasteiger charge is -2.19. The molecule has 3 heterocycles. The minimum atomic E-state index is -4.56. The summed E-state index contributed by atoms with van der Waals surface area (Å²) < 4.78 is 76.4. The molecule has 12 heteroatoms. The molecule has 0 bridgehead atoms. The van der Waals surface area contributed by atoms with E-state index in [0.29, 0.717) is 24.7 Å². The number of aromatic nitrogens is 2. The van der Waals surface area contributed by atoms with Crippen molar-refractivity contribution in [1.82, 2.24) is 10.2 Å². The minimum Gasteiger partial charge on any atom is -0.486 e. The predicted octanol–water partition coefficient (Wildman–Crippen LogP) is 3.73. The van der Waals surface area contributed by atoms with Crippen molar-refractivity contribution in [1.29, 1.82) is 0 Å². The number of rotatable bonds is 4. The van der Waals surface area contributed by atoms with Crippen LogP contribution in [0.4, 0.5) is 18.9 Å². The number of thiophene rings is 1. The molecule has 4 rings (SSSR count). The van der Waals surface area contributed by atoms with E-state index in [0.717, 1.165) is 17.4 Å². The molecule has 1 aliphatic rings. The molecule has 0 aliphatic carbocycles. The van der Waals surface area contributed by atoms with Crippen LogP contribution in [0.3, 0.4) is 0 Å². The second-order valence-electron chi connectivity index (χ2n) is 5.75. The Morgan fingerprint density at radius 1 is 1.07 bits per heavy atom. The summed E-state index contributed by atoms with van der Waals surface area (Å²) >= 11 is 0.809. The zero-order valence-corrected chi connectivity index (χ0v) is 15.5. The molecule has 2 aromatic heterocycles. The van der Waals surface area contributed by atoms with E-state index < -0.39 is 21.9 Å². The Morgan fingerprint density at radius 2 is 1.82 bits per heavy atom. The number of halogens is 3. The van der Waals surface area contributed by atoms with E-state index in [1.54, 1.807) is 6.07 Å². The third-order valence-corrected chi connectivity index (χ3v) is 6.76. The SMILES string of the molecule is O=S(=O)(Nc1ccc2c(c1)OCCO2)c1ccc(-c2cc(C(F)(F)F)[nH]n2)s1. The van der Waals surface area contributed by atoms with Crippen LogP contribution in [0.1, 0.15) is 5.69 Å². The molecule has 1 aliphatic heterocycles. The predicted molar refractivity (Wildman–Crippen MR) is 95.1 cm³/mol. The van der Waals surface area contributed by atoms with Gasteiger partial charge in [-0.05, 0) is 30.3 Å². The number of alkyl halides is 3. The Bertz CT molecular complexity index is 1120. The minimum absolute atomic E-state index is 0.0121. The van der Waals surface area contributed by atoms with Gasteiger partial charge in [0.1, 0.15) is 28.8 Å². The van der Waals surface area contributed by atoms with Gasteiger partial charge in [-0.1, -0.05) is 0 Å². The van der Waals surface area contributed by atoms with E-state index in [1.807, 2.05) is 5.10 Å². The van der Waals surface area contributed by atoms with Gasteiger partial charge in [-0.15, -0.1) is 11.3 Å². The van der Waals surface area contributed by atoms with E-state index in [-0.39, 0.29) is 20.5 Å². The standard InChI is InChI=1S/C16H12F3N3O4S2/c17-16(18,19)14-8-10(20-21-14)13-3-4-15(27-13)28(23,24)22-9-1-2-11-12(7-9)26-6-5-25-11/h1-4,7-8,22H,5-6H2,(H,20,21). The van der Waals surface area contributed by atoms with Gasteiger partial charge in [0.25, 0.3) is 10.0 Å². The lowest BCUT2D eigenvalue weighted by Crippen LogP contribution is -2.16. The van der Waals surface area contributed by atoms with Crippen molar-refractivity contribution >= 4 is 27.0 Å². The van der Waals surface area contributed by atoms with Gasteiger partial charge in [0.2, 0.25) is 0 Å². The summed E-state index contributed by atoms with van der Waals surface area (Å²) in [5.74, 6) is 0.945. The number of H-pyrrole nitrogens is 1. The first-order valence-electron chi connectivity index (χ1n) is 7.88. The van der Waals surface area contributed by atoms with Gasteiger partial charge in [0, 0.05) is 6.07 Å². The Kier molecular flexibility index (Phi) is 4.46. The van der Waals surface area contributed by atoms with Crippen LogP contribution in [0.5, 0.6) is 11.5 Å². The molecule has 3 aromatic rings. The third-order valence-electron chi connectivity index (χ3n) is 3.78. The van der Waals surface area contributed by atoms with Gasteiger partial charge < -0.3 is 9.47 Å². The Morgan fingerprint density at radius 3 is 2.54 bits per heavy atom. The number of sulfonamides is 1. The van der Waals surface area contributed by atoms with Crippen molar-refractivity contribution in [3.05, 3.63) is 42.1 Å². The fourth-order valence-electron chi connectivity index (χ4n) is 2.51. The summed E-state index contributed by atoms with van der Waals surface area (Å²) in [6.45, 7) is 0.778. The molecule has 0 saturated carbocycles. The molecule has 1 aromatic carbocycles. The molecule has 0 unspecified atom stereocenters.